The van der Waals surface area contributed by atoms with Crippen LogP contribution in [-0.4, -0.2) is 50.4 Å². The number of nitrogens with zero attached hydrogens (tertiary/aromatic N) is 1. The summed E-state index contributed by atoms with van der Waals surface area (Å²) in [5.41, 5.74) is 0.892. The Hall–Kier alpha value is -4.93. The molecule has 1 heterocycles. The smallest absolute Gasteiger partial charge is 0.469 e. The molecule has 11 nitrogen and oxygen atoms in total. The zero-order valence-electron chi connectivity index (χ0n) is 20.8. The zero-order valence-corrected chi connectivity index (χ0v) is 20.8. The van der Waals surface area contributed by atoms with E-state index in [1.54, 1.807) is 38.1 Å². The molecular formula is C27H23NO10. The van der Waals surface area contributed by atoms with E-state index in [0.717, 1.165) is 4.90 Å². The summed E-state index contributed by atoms with van der Waals surface area (Å²) in [6, 6.07) is 12.3. The number of hydrogen-bond acceptors (Lipinski definition) is 10. The number of fused-ring (bicyclic) bond motifs is 2. The summed E-state index contributed by atoms with van der Waals surface area (Å²) in [5.74, 6) is -2.42. The number of amides is 2. The molecule has 0 saturated carbocycles. The molecule has 0 bridgehead atoms. The fourth-order valence-electron chi connectivity index (χ4n) is 3.99. The van der Waals surface area contributed by atoms with E-state index in [2.05, 4.69) is 0 Å². The van der Waals surface area contributed by atoms with Crippen molar-refractivity contribution in [2.75, 3.05) is 25.2 Å². The third-order valence-corrected chi connectivity index (χ3v) is 5.63. The molecular weight excluding hydrogens is 498 g/mol. The highest BCUT2D eigenvalue weighted by Gasteiger charge is 2.43. The summed E-state index contributed by atoms with van der Waals surface area (Å²) in [7, 11) is 1.26. The second kappa shape index (κ2) is 11.0. The molecule has 0 radical (unpaired) electrons. The average molecular weight is 521 g/mol. The summed E-state index contributed by atoms with van der Waals surface area (Å²) < 4.78 is 25.5. The molecule has 1 aliphatic heterocycles. The molecule has 0 N–H and O–H groups in total. The van der Waals surface area contributed by atoms with Gasteiger partial charge in [-0.25, -0.2) is 14.5 Å². The molecule has 0 fully saturated rings. The van der Waals surface area contributed by atoms with Crippen molar-refractivity contribution in [1.82, 2.24) is 0 Å². The first-order chi connectivity index (χ1) is 18.3. The van der Waals surface area contributed by atoms with Crippen LogP contribution in [0.1, 0.15) is 40.1 Å². The quantitative estimate of drug-likeness (QED) is 0.250. The van der Waals surface area contributed by atoms with Crippen molar-refractivity contribution < 1.29 is 47.7 Å². The van der Waals surface area contributed by atoms with Crippen molar-refractivity contribution in [3.8, 4) is 22.6 Å². The standard InChI is InChI=1S/C27H23NO10/c1-4-35-26(32)37-22-16-12-10-15(14-20(29)34-3)11-13-17(16)23(38-27(33)36-5-2)21(22)28-24(30)18-8-6-7-9-19(18)25(28)31/h6-13H,4-5,14H2,1-3H3. The van der Waals surface area contributed by atoms with E-state index in [0.29, 0.717) is 5.56 Å². The van der Waals surface area contributed by atoms with Crippen LogP contribution in [0.2, 0.25) is 0 Å². The van der Waals surface area contributed by atoms with Gasteiger partial charge in [-0.1, -0.05) is 36.4 Å². The van der Waals surface area contributed by atoms with Crippen LogP contribution in [0.15, 0.2) is 48.5 Å². The van der Waals surface area contributed by atoms with Crippen LogP contribution in [0.25, 0.3) is 11.1 Å². The Kier molecular flexibility index (Phi) is 7.56. The second-order valence-corrected chi connectivity index (χ2v) is 7.89. The van der Waals surface area contributed by atoms with Crippen LogP contribution in [0.3, 0.4) is 0 Å². The molecule has 0 unspecified atom stereocenters. The Morgan fingerprint density at radius 3 is 1.61 bits per heavy atom. The lowest BCUT2D eigenvalue weighted by Crippen LogP contribution is -2.30. The summed E-state index contributed by atoms with van der Waals surface area (Å²) >= 11 is 0. The first kappa shape index (κ1) is 26.1. The Bertz CT molecular complexity index is 1320. The van der Waals surface area contributed by atoms with Crippen molar-refractivity contribution in [2.24, 2.45) is 0 Å². The van der Waals surface area contributed by atoms with Gasteiger partial charge in [0.15, 0.2) is 11.5 Å². The number of methoxy groups -OCH3 is 1. The van der Waals surface area contributed by atoms with Gasteiger partial charge in [0.2, 0.25) is 0 Å². The molecule has 2 aliphatic carbocycles. The van der Waals surface area contributed by atoms with Crippen LogP contribution in [0, 0.1) is 0 Å². The predicted octanol–water partition coefficient (Wildman–Crippen LogP) is 4.38. The van der Waals surface area contributed by atoms with Gasteiger partial charge in [-0.15, -0.1) is 0 Å². The number of benzene rings is 1. The van der Waals surface area contributed by atoms with Crippen LogP contribution < -0.4 is 14.4 Å². The maximum absolute atomic E-state index is 13.4. The fourth-order valence-corrected chi connectivity index (χ4v) is 3.99. The minimum atomic E-state index is -1.11. The first-order valence-corrected chi connectivity index (χ1v) is 11.6. The van der Waals surface area contributed by atoms with Crippen LogP contribution in [-0.2, 0) is 25.4 Å². The molecule has 0 saturated heterocycles. The molecule has 11 heteroatoms. The highest BCUT2D eigenvalue weighted by atomic mass is 16.7. The van der Waals surface area contributed by atoms with Gasteiger partial charge in [0, 0.05) is 11.1 Å². The molecule has 196 valence electrons. The number of hydrogen-bond donors (Lipinski definition) is 0. The minimum absolute atomic E-state index is 0.0109. The van der Waals surface area contributed by atoms with E-state index in [1.807, 2.05) is 0 Å². The minimum Gasteiger partial charge on any atom is -0.469 e. The zero-order chi connectivity index (χ0) is 27.4. The lowest BCUT2D eigenvalue weighted by molar-refractivity contribution is -0.139. The third-order valence-electron chi connectivity index (χ3n) is 5.63. The number of ether oxygens (including phenoxy) is 5. The summed E-state index contributed by atoms with van der Waals surface area (Å²) in [6.45, 7) is 3.12. The van der Waals surface area contributed by atoms with E-state index in [9.17, 15) is 24.0 Å². The lowest BCUT2D eigenvalue weighted by atomic mass is 10.1. The Morgan fingerprint density at radius 1 is 0.711 bits per heavy atom. The van der Waals surface area contributed by atoms with Crippen molar-refractivity contribution in [3.63, 3.8) is 0 Å². The van der Waals surface area contributed by atoms with Crippen molar-refractivity contribution in [1.29, 1.82) is 0 Å². The van der Waals surface area contributed by atoms with Gasteiger partial charge >= 0.3 is 18.3 Å². The van der Waals surface area contributed by atoms with Crippen LogP contribution in [0.5, 0.6) is 11.5 Å². The maximum atomic E-state index is 13.4. The molecule has 1 aromatic rings. The number of imide groups is 1. The molecule has 2 amide bonds. The van der Waals surface area contributed by atoms with Crippen molar-refractivity contribution in [2.45, 2.75) is 20.3 Å². The van der Waals surface area contributed by atoms with Gasteiger partial charge < -0.3 is 23.7 Å². The number of carbonyl (C=O) groups is 5. The number of anilines is 1. The number of carbonyl (C=O) groups excluding carboxylic acids is 5. The van der Waals surface area contributed by atoms with E-state index < -0.39 is 30.1 Å². The molecule has 3 aliphatic rings. The van der Waals surface area contributed by atoms with Gasteiger partial charge in [-0.3, -0.25) is 14.4 Å². The monoisotopic (exact) mass is 521 g/mol. The third kappa shape index (κ3) is 4.85. The topological polar surface area (TPSA) is 135 Å². The van der Waals surface area contributed by atoms with Gasteiger partial charge in [0.25, 0.3) is 11.8 Å². The fraction of sp³-hybridized carbons (Fsp3) is 0.222. The van der Waals surface area contributed by atoms with Crippen molar-refractivity contribution in [3.05, 3.63) is 65.2 Å². The van der Waals surface area contributed by atoms with Gasteiger partial charge in [0.1, 0.15) is 5.69 Å². The SMILES string of the molecule is CCOC(=O)Oc1c2ccc(CC(=O)OC)ccc-2c(OC(=O)OCC)c1N1C(=O)c2ccccc2C1=O. The van der Waals surface area contributed by atoms with Crippen molar-refractivity contribution >= 4 is 35.8 Å². The molecule has 0 atom stereocenters. The lowest BCUT2D eigenvalue weighted by Gasteiger charge is -2.17. The molecule has 1 aromatic carbocycles. The highest BCUT2D eigenvalue weighted by Crippen LogP contribution is 2.55. The van der Waals surface area contributed by atoms with Gasteiger partial charge in [-0.2, -0.15) is 0 Å². The Morgan fingerprint density at radius 2 is 1.18 bits per heavy atom. The molecule has 0 spiro atoms. The number of esters is 1. The predicted molar refractivity (Wildman–Crippen MR) is 132 cm³/mol. The largest absolute Gasteiger partial charge is 0.513 e. The number of rotatable bonds is 7. The normalized spacial score (nSPS) is 12.2. The van der Waals surface area contributed by atoms with E-state index >= 15 is 0 Å². The van der Waals surface area contributed by atoms with E-state index in [-0.39, 0.29) is 59.1 Å². The molecule has 0 aromatic heterocycles. The summed E-state index contributed by atoms with van der Waals surface area (Å²) in [6.07, 6.45) is -2.29. The van der Waals surface area contributed by atoms with Crippen LogP contribution in [0.4, 0.5) is 15.3 Å². The Labute approximate surface area is 217 Å². The van der Waals surface area contributed by atoms with Gasteiger partial charge in [0.05, 0.1) is 37.9 Å². The van der Waals surface area contributed by atoms with E-state index in [1.165, 1.54) is 31.4 Å². The maximum Gasteiger partial charge on any atom is 0.513 e. The summed E-state index contributed by atoms with van der Waals surface area (Å²) in [4.78, 5) is 64.3. The molecule has 38 heavy (non-hydrogen) atoms. The summed E-state index contributed by atoms with van der Waals surface area (Å²) in [5, 5.41) is 0. The molecule has 4 rings (SSSR count). The van der Waals surface area contributed by atoms with Crippen LogP contribution >= 0.6 is 0 Å². The van der Waals surface area contributed by atoms with Gasteiger partial charge in [-0.05, 0) is 31.5 Å². The average Bonchev–Trinajstić information content (AvgIpc) is 3.18. The Balaban J connectivity index is 1.98. The second-order valence-electron chi connectivity index (χ2n) is 7.89. The first-order valence-electron chi connectivity index (χ1n) is 11.6. The van der Waals surface area contributed by atoms with E-state index in [4.69, 9.17) is 23.7 Å². The highest BCUT2D eigenvalue weighted by molar-refractivity contribution is 6.36.